The van der Waals surface area contributed by atoms with Crippen molar-refractivity contribution in [3.8, 4) is 0 Å². The van der Waals surface area contributed by atoms with E-state index in [0.29, 0.717) is 11.3 Å². The van der Waals surface area contributed by atoms with E-state index in [9.17, 15) is 14.9 Å². The molecule has 0 radical (unpaired) electrons. The predicted octanol–water partition coefficient (Wildman–Crippen LogP) is 4.54. The number of nitro groups is 1. The summed E-state index contributed by atoms with van der Waals surface area (Å²) in [5, 5.41) is 15.0. The highest BCUT2D eigenvalue weighted by atomic mass is 16.6. The number of carbonyl (C=O) groups is 1. The van der Waals surface area contributed by atoms with Gasteiger partial charge in [-0.1, -0.05) is 57.2 Å². The highest BCUT2D eigenvalue weighted by Crippen LogP contribution is 2.47. The zero-order chi connectivity index (χ0) is 20.5. The highest BCUT2D eigenvalue weighted by molar-refractivity contribution is 5.99. The summed E-state index contributed by atoms with van der Waals surface area (Å²) in [4.78, 5) is 22.8. The molecule has 1 saturated carbocycles. The second-order valence-electron chi connectivity index (χ2n) is 8.30. The second-order valence-corrected chi connectivity index (χ2v) is 8.30. The fourth-order valence-corrected chi connectivity index (χ4v) is 3.21. The third-order valence-corrected chi connectivity index (χ3v) is 5.14. The normalized spacial score (nSPS) is 19.2. The first kappa shape index (κ1) is 19.7. The number of nitro benzene ring substituents is 1. The van der Waals surface area contributed by atoms with E-state index < -0.39 is 4.92 Å². The molecule has 2 aromatic rings. The predicted molar refractivity (Wildman–Crippen MR) is 109 cm³/mol. The fraction of sp³-hybridized carbons (Fsp3) is 0.364. The quantitative estimate of drug-likeness (QED) is 0.470. The van der Waals surface area contributed by atoms with E-state index >= 15 is 0 Å². The van der Waals surface area contributed by atoms with Crippen LogP contribution in [0.2, 0.25) is 0 Å². The number of hydrogen-bond acceptors (Lipinski definition) is 4. The van der Waals surface area contributed by atoms with Crippen molar-refractivity contribution >= 4 is 17.3 Å². The molecule has 0 heterocycles. The maximum atomic E-state index is 12.4. The Balaban J connectivity index is 1.61. The average molecular weight is 379 g/mol. The number of carbonyl (C=O) groups excluding carboxylic acids is 1. The summed E-state index contributed by atoms with van der Waals surface area (Å²) in [5.41, 5.74) is 6.30. The van der Waals surface area contributed by atoms with Gasteiger partial charge in [0.05, 0.1) is 10.6 Å². The lowest BCUT2D eigenvalue weighted by molar-refractivity contribution is -0.384. The molecule has 1 amide bonds. The minimum Gasteiger partial charge on any atom is -0.273 e. The Morgan fingerprint density at radius 1 is 1.18 bits per heavy atom. The van der Waals surface area contributed by atoms with Crippen molar-refractivity contribution in [2.24, 2.45) is 11.0 Å². The van der Waals surface area contributed by atoms with Crippen molar-refractivity contribution in [1.29, 1.82) is 0 Å². The zero-order valence-corrected chi connectivity index (χ0v) is 16.6. The molecular formula is C22H25N3O3. The van der Waals surface area contributed by atoms with Gasteiger partial charge < -0.3 is 0 Å². The van der Waals surface area contributed by atoms with Crippen molar-refractivity contribution in [3.63, 3.8) is 0 Å². The molecule has 0 aliphatic heterocycles. The third kappa shape index (κ3) is 4.44. The van der Waals surface area contributed by atoms with E-state index in [0.717, 1.165) is 6.42 Å². The van der Waals surface area contributed by atoms with Crippen molar-refractivity contribution in [1.82, 2.24) is 5.43 Å². The van der Waals surface area contributed by atoms with Gasteiger partial charge >= 0.3 is 0 Å². The Bertz CT molecular complexity index is 927. The van der Waals surface area contributed by atoms with Gasteiger partial charge in [-0.15, -0.1) is 0 Å². The first-order valence-corrected chi connectivity index (χ1v) is 9.36. The lowest BCUT2D eigenvalue weighted by Gasteiger charge is -2.19. The van der Waals surface area contributed by atoms with E-state index in [1.807, 2.05) is 0 Å². The molecule has 6 nitrogen and oxygen atoms in total. The average Bonchev–Trinajstić information content (AvgIpc) is 3.46. The standard InChI is InChI=1S/C22H25N3O3/c1-14(16-6-5-7-18(12-16)25(27)28)23-24-21(26)20-13-19(20)15-8-10-17(11-9-15)22(2,3)4/h5-12,19-20H,13H2,1-4H3,(H,24,26)/b23-14+/t19-,20+/m1/s1. The van der Waals surface area contributed by atoms with E-state index in [2.05, 4.69) is 55.6 Å². The van der Waals surface area contributed by atoms with Crippen LogP contribution in [-0.4, -0.2) is 16.5 Å². The first-order chi connectivity index (χ1) is 13.2. The first-order valence-electron chi connectivity index (χ1n) is 9.36. The molecule has 1 N–H and O–H groups in total. The van der Waals surface area contributed by atoms with Crippen LogP contribution in [0.25, 0.3) is 0 Å². The Labute approximate surface area is 164 Å². The number of benzene rings is 2. The number of nitrogens with one attached hydrogen (secondary N) is 1. The van der Waals surface area contributed by atoms with Gasteiger partial charge in [0.15, 0.2) is 0 Å². The van der Waals surface area contributed by atoms with Crippen molar-refractivity contribution in [2.45, 2.75) is 45.4 Å². The largest absolute Gasteiger partial charge is 0.273 e. The molecule has 0 spiro atoms. The Morgan fingerprint density at radius 2 is 1.86 bits per heavy atom. The molecule has 3 rings (SSSR count). The van der Waals surface area contributed by atoms with Crippen LogP contribution in [0, 0.1) is 16.0 Å². The van der Waals surface area contributed by atoms with Crippen LogP contribution in [-0.2, 0) is 10.2 Å². The maximum absolute atomic E-state index is 12.4. The van der Waals surface area contributed by atoms with E-state index in [-0.39, 0.29) is 28.8 Å². The van der Waals surface area contributed by atoms with E-state index in [1.54, 1.807) is 19.1 Å². The van der Waals surface area contributed by atoms with E-state index in [1.165, 1.54) is 23.3 Å². The molecule has 146 valence electrons. The van der Waals surface area contributed by atoms with Gasteiger partial charge in [0.1, 0.15) is 0 Å². The molecular weight excluding hydrogens is 354 g/mol. The lowest BCUT2D eigenvalue weighted by atomic mass is 9.86. The maximum Gasteiger partial charge on any atom is 0.270 e. The monoisotopic (exact) mass is 379 g/mol. The molecule has 0 bridgehead atoms. The van der Waals surface area contributed by atoms with Gasteiger partial charge in [0.2, 0.25) is 5.91 Å². The van der Waals surface area contributed by atoms with Gasteiger partial charge in [0, 0.05) is 23.6 Å². The van der Waals surface area contributed by atoms with Gasteiger partial charge in [-0.25, -0.2) is 5.43 Å². The third-order valence-electron chi connectivity index (χ3n) is 5.14. The molecule has 2 aromatic carbocycles. The molecule has 0 aromatic heterocycles. The molecule has 0 saturated heterocycles. The highest BCUT2D eigenvalue weighted by Gasteiger charge is 2.44. The van der Waals surface area contributed by atoms with E-state index in [4.69, 9.17) is 0 Å². The van der Waals surface area contributed by atoms with Crippen LogP contribution >= 0.6 is 0 Å². The molecule has 2 atom stereocenters. The summed E-state index contributed by atoms with van der Waals surface area (Å²) in [7, 11) is 0. The minimum atomic E-state index is -0.449. The summed E-state index contributed by atoms with van der Waals surface area (Å²) < 4.78 is 0. The van der Waals surface area contributed by atoms with Crippen LogP contribution in [0.15, 0.2) is 53.6 Å². The van der Waals surface area contributed by atoms with Gasteiger partial charge in [0.25, 0.3) is 5.69 Å². The topological polar surface area (TPSA) is 84.6 Å². The summed E-state index contributed by atoms with van der Waals surface area (Å²) >= 11 is 0. The summed E-state index contributed by atoms with van der Waals surface area (Å²) in [6, 6.07) is 14.7. The van der Waals surface area contributed by atoms with Crippen molar-refractivity contribution in [3.05, 3.63) is 75.3 Å². The lowest BCUT2D eigenvalue weighted by Crippen LogP contribution is -2.21. The molecule has 0 unspecified atom stereocenters. The molecule has 1 aliphatic rings. The van der Waals surface area contributed by atoms with Gasteiger partial charge in [-0.2, -0.15) is 5.10 Å². The Kier molecular flexibility index (Phi) is 5.31. The zero-order valence-electron chi connectivity index (χ0n) is 16.6. The fourth-order valence-electron chi connectivity index (χ4n) is 3.21. The minimum absolute atomic E-state index is 0.000614. The number of rotatable bonds is 5. The number of hydrazone groups is 1. The van der Waals surface area contributed by atoms with Crippen molar-refractivity contribution < 1.29 is 9.72 Å². The van der Waals surface area contributed by atoms with Crippen molar-refractivity contribution in [2.75, 3.05) is 0 Å². The van der Waals surface area contributed by atoms with Crippen LogP contribution < -0.4 is 5.43 Å². The van der Waals surface area contributed by atoms with Crippen LogP contribution in [0.5, 0.6) is 0 Å². The molecule has 28 heavy (non-hydrogen) atoms. The SMILES string of the molecule is C/C(=N\NC(=O)[C@H]1C[C@@H]1c1ccc(C(C)(C)C)cc1)c1cccc([N+](=O)[O-])c1. The Morgan fingerprint density at radius 3 is 2.46 bits per heavy atom. The smallest absolute Gasteiger partial charge is 0.270 e. The van der Waals surface area contributed by atoms with Crippen LogP contribution in [0.3, 0.4) is 0 Å². The summed E-state index contributed by atoms with van der Waals surface area (Å²) in [6.07, 6.45) is 0.812. The number of hydrogen-bond donors (Lipinski definition) is 1. The number of nitrogens with zero attached hydrogens (tertiary/aromatic N) is 2. The molecule has 6 heteroatoms. The summed E-state index contributed by atoms with van der Waals surface area (Å²) in [5.74, 6) is 0.0270. The van der Waals surface area contributed by atoms with Gasteiger partial charge in [-0.05, 0) is 35.8 Å². The van der Waals surface area contributed by atoms with Gasteiger partial charge in [-0.3, -0.25) is 14.9 Å². The van der Waals surface area contributed by atoms with Crippen LogP contribution in [0.1, 0.15) is 56.7 Å². The Hall–Kier alpha value is -3.02. The molecule has 1 fully saturated rings. The second kappa shape index (κ2) is 7.54. The van der Waals surface area contributed by atoms with Crippen LogP contribution in [0.4, 0.5) is 5.69 Å². The number of amides is 1. The molecule has 1 aliphatic carbocycles. The summed E-state index contributed by atoms with van der Waals surface area (Å²) in [6.45, 7) is 8.25. The number of non-ortho nitro benzene ring substituents is 1.